The molecule has 0 saturated heterocycles. The van der Waals surface area contributed by atoms with Crippen LogP contribution in [-0.4, -0.2) is 11.1 Å². The summed E-state index contributed by atoms with van der Waals surface area (Å²) in [5.74, 6) is -2.26. The number of aromatic carboxylic acids is 1. The third-order valence-corrected chi connectivity index (χ3v) is 1.31. The Morgan fingerprint density at radius 1 is 1.50 bits per heavy atom. The van der Waals surface area contributed by atoms with Crippen molar-refractivity contribution < 1.29 is 19.5 Å². The highest BCUT2D eigenvalue weighted by molar-refractivity contribution is 5.88. The molecule has 0 radical (unpaired) electrons. The number of halogens is 1. The number of hydrogen-bond donors (Lipinski definition) is 2. The molecule has 1 aromatic rings. The number of carboxylic acids is 1. The summed E-state index contributed by atoms with van der Waals surface area (Å²) >= 11 is 0. The van der Waals surface area contributed by atoms with E-state index in [0.717, 1.165) is 18.2 Å². The van der Waals surface area contributed by atoms with E-state index in [1.165, 1.54) is 5.18 Å². The van der Waals surface area contributed by atoms with Crippen LogP contribution in [0, 0.1) is 10.7 Å². The summed E-state index contributed by atoms with van der Waals surface area (Å²) in [6.07, 6.45) is 0. The minimum absolute atomic E-state index is 0.0220. The number of nitroso groups, excluding NO2 is 1. The Bertz CT molecular complexity index is 337. The molecule has 0 saturated carbocycles. The van der Waals surface area contributed by atoms with Crippen molar-refractivity contribution in [2.45, 2.75) is 0 Å². The van der Waals surface area contributed by atoms with Gasteiger partial charge >= 0.3 is 5.97 Å². The molecule has 2 N–H and O–H groups in total. The first-order chi connectivity index (χ1) is 5.65. The minimum Gasteiger partial charge on any atom is -0.478 e. The van der Waals surface area contributed by atoms with Gasteiger partial charge in [-0.15, -0.1) is 0 Å². The zero-order chi connectivity index (χ0) is 9.14. The maximum atomic E-state index is 12.6. The number of benzene rings is 1. The van der Waals surface area contributed by atoms with Gasteiger partial charge in [-0.05, 0) is 6.07 Å². The third kappa shape index (κ3) is 1.45. The SMILES string of the molecule is O=[NH+]c1ccc(F)c(C(=O)O)c1. The summed E-state index contributed by atoms with van der Waals surface area (Å²) in [6, 6.07) is 3.02. The second kappa shape index (κ2) is 3.08. The van der Waals surface area contributed by atoms with Crippen molar-refractivity contribution >= 4 is 11.7 Å². The van der Waals surface area contributed by atoms with E-state index in [4.69, 9.17) is 5.11 Å². The van der Waals surface area contributed by atoms with E-state index in [0.29, 0.717) is 0 Å². The van der Waals surface area contributed by atoms with Crippen LogP contribution in [0.5, 0.6) is 0 Å². The van der Waals surface area contributed by atoms with E-state index in [9.17, 15) is 14.1 Å². The number of rotatable bonds is 2. The Morgan fingerprint density at radius 3 is 2.67 bits per heavy atom. The zero-order valence-electron chi connectivity index (χ0n) is 5.87. The first kappa shape index (κ1) is 8.32. The van der Waals surface area contributed by atoms with E-state index in [1.54, 1.807) is 0 Å². The highest BCUT2D eigenvalue weighted by atomic mass is 19.1. The largest absolute Gasteiger partial charge is 0.478 e. The van der Waals surface area contributed by atoms with Crippen molar-refractivity contribution in [2.75, 3.05) is 0 Å². The molecule has 12 heavy (non-hydrogen) atoms. The second-order valence-corrected chi connectivity index (χ2v) is 2.10. The van der Waals surface area contributed by atoms with Crippen LogP contribution in [0.15, 0.2) is 18.2 Å². The van der Waals surface area contributed by atoms with Gasteiger partial charge in [-0.3, -0.25) is 0 Å². The fourth-order valence-corrected chi connectivity index (χ4v) is 0.753. The first-order valence-corrected chi connectivity index (χ1v) is 3.06. The van der Waals surface area contributed by atoms with Gasteiger partial charge in [0, 0.05) is 22.2 Å². The summed E-state index contributed by atoms with van der Waals surface area (Å²) in [4.78, 5) is 20.4. The number of carboxylic acid groups (broad SMARTS) is 1. The van der Waals surface area contributed by atoms with Gasteiger partial charge < -0.3 is 5.11 Å². The van der Waals surface area contributed by atoms with Crippen LogP contribution in [0.1, 0.15) is 10.4 Å². The Hall–Kier alpha value is -1.78. The average molecular weight is 170 g/mol. The number of nitrogens with one attached hydrogen (secondary N) is 1. The molecule has 62 valence electrons. The topological polar surface area (TPSA) is 68.3 Å². The molecule has 0 bridgehead atoms. The number of hydrogen-bond acceptors (Lipinski definition) is 2. The molecular formula is C7H5FNO3+. The molecule has 0 spiro atoms. The van der Waals surface area contributed by atoms with E-state index in [2.05, 4.69) is 0 Å². The van der Waals surface area contributed by atoms with Crippen LogP contribution in [0.4, 0.5) is 10.1 Å². The summed E-state index contributed by atoms with van der Waals surface area (Å²) in [5, 5.41) is 9.89. The highest BCUT2D eigenvalue weighted by Gasteiger charge is 2.12. The van der Waals surface area contributed by atoms with Gasteiger partial charge in [0.25, 0.3) is 5.69 Å². The molecule has 0 unspecified atom stereocenters. The van der Waals surface area contributed by atoms with E-state index >= 15 is 0 Å². The van der Waals surface area contributed by atoms with Crippen LogP contribution in [0.2, 0.25) is 0 Å². The molecule has 0 aliphatic heterocycles. The highest BCUT2D eigenvalue weighted by Crippen LogP contribution is 2.10. The molecule has 4 nitrogen and oxygen atoms in total. The van der Waals surface area contributed by atoms with Gasteiger partial charge in [-0.1, -0.05) is 0 Å². The van der Waals surface area contributed by atoms with Crippen LogP contribution >= 0.6 is 0 Å². The molecule has 0 heterocycles. The first-order valence-electron chi connectivity index (χ1n) is 3.06. The summed E-state index contributed by atoms with van der Waals surface area (Å²) < 4.78 is 12.6. The summed E-state index contributed by atoms with van der Waals surface area (Å²) in [6.45, 7) is 0. The van der Waals surface area contributed by atoms with Crippen molar-refractivity contribution in [1.29, 1.82) is 0 Å². The smallest absolute Gasteiger partial charge is 0.338 e. The quantitative estimate of drug-likeness (QED) is 0.656. The van der Waals surface area contributed by atoms with Crippen LogP contribution in [0.25, 0.3) is 0 Å². The predicted octanol–water partition coefficient (Wildman–Crippen LogP) is 0.00240. The molecule has 1 rings (SSSR count). The van der Waals surface area contributed by atoms with Crippen molar-refractivity contribution in [1.82, 2.24) is 0 Å². The lowest BCUT2D eigenvalue weighted by Gasteiger charge is -1.93. The lowest BCUT2D eigenvalue weighted by molar-refractivity contribution is -0.379. The van der Waals surface area contributed by atoms with E-state index in [1.807, 2.05) is 0 Å². The van der Waals surface area contributed by atoms with Gasteiger partial charge in [0.15, 0.2) is 0 Å². The molecule has 0 amide bonds. The van der Waals surface area contributed by atoms with E-state index < -0.39 is 17.3 Å². The molecule has 0 atom stereocenters. The van der Waals surface area contributed by atoms with Crippen molar-refractivity contribution in [3.63, 3.8) is 0 Å². The van der Waals surface area contributed by atoms with Crippen molar-refractivity contribution in [3.8, 4) is 0 Å². The molecule has 0 fully saturated rings. The molecule has 0 aromatic heterocycles. The van der Waals surface area contributed by atoms with Crippen LogP contribution < -0.4 is 5.18 Å². The fourth-order valence-electron chi connectivity index (χ4n) is 0.753. The second-order valence-electron chi connectivity index (χ2n) is 2.10. The Labute approximate surface area is 66.6 Å². The van der Waals surface area contributed by atoms with Gasteiger partial charge in [0.1, 0.15) is 11.4 Å². The van der Waals surface area contributed by atoms with Gasteiger partial charge in [0.05, 0.1) is 0 Å². The van der Waals surface area contributed by atoms with Gasteiger partial charge in [-0.2, -0.15) is 0 Å². The Balaban J connectivity index is 3.25. The Morgan fingerprint density at radius 2 is 2.17 bits per heavy atom. The maximum Gasteiger partial charge on any atom is 0.338 e. The van der Waals surface area contributed by atoms with Gasteiger partial charge in [-0.25, -0.2) is 9.18 Å². The lowest BCUT2D eigenvalue weighted by atomic mass is 10.2. The molecular weight excluding hydrogens is 165 g/mol. The minimum atomic E-state index is -1.40. The molecule has 0 aliphatic rings. The number of carbonyl (C=O) groups is 1. The Kier molecular flexibility index (Phi) is 2.14. The summed E-state index contributed by atoms with van der Waals surface area (Å²) in [5.41, 5.74) is -0.496. The van der Waals surface area contributed by atoms with Crippen molar-refractivity contribution in [3.05, 3.63) is 34.5 Å². The van der Waals surface area contributed by atoms with Crippen LogP contribution in [0.3, 0.4) is 0 Å². The maximum absolute atomic E-state index is 12.6. The van der Waals surface area contributed by atoms with Crippen LogP contribution in [-0.2, 0) is 0 Å². The monoisotopic (exact) mass is 170 g/mol. The molecule has 1 aromatic carbocycles. The lowest BCUT2D eigenvalue weighted by Crippen LogP contribution is -2.55. The van der Waals surface area contributed by atoms with Gasteiger partial charge in [0.2, 0.25) is 0 Å². The van der Waals surface area contributed by atoms with E-state index in [-0.39, 0.29) is 5.69 Å². The zero-order valence-corrected chi connectivity index (χ0v) is 5.87. The predicted molar refractivity (Wildman–Crippen MR) is 37.3 cm³/mol. The molecule has 0 aliphatic carbocycles. The molecule has 5 heteroatoms. The average Bonchev–Trinajstić information content (AvgIpc) is 2.05. The summed E-state index contributed by atoms with van der Waals surface area (Å²) in [7, 11) is 0. The van der Waals surface area contributed by atoms with Crippen molar-refractivity contribution in [2.24, 2.45) is 0 Å². The normalized spacial score (nSPS) is 9.42. The fraction of sp³-hybridized carbons (Fsp3) is 0. The standard InChI is InChI=1S/C7H4FNO3/c8-6-2-1-4(9-12)3-5(6)7(10)11/h1-3H,(H,10,11)/p+1. The third-order valence-electron chi connectivity index (χ3n) is 1.31.